The second-order valence-corrected chi connectivity index (χ2v) is 18.0. The Balaban J connectivity index is 0.00000357. The van der Waals surface area contributed by atoms with Gasteiger partial charge in [-0.05, 0) is 143 Å². The molecule has 2 heterocycles. The number of nitrogens with zero attached hydrogens (tertiary/aromatic N) is 1. The van der Waals surface area contributed by atoms with Gasteiger partial charge in [-0.25, -0.2) is 4.79 Å². The van der Waals surface area contributed by atoms with Crippen LogP contribution in [0.2, 0.25) is 0 Å². The molecule has 44 heavy (non-hydrogen) atoms. The summed E-state index contributed by atoms with van der Waals surface area (Å²) in [6.07, 6.45) is 11.5. The van der Waals surface area contributed by atoms with Gasteiger partial charge in [-0.15, -0.1) is 0 Å². The molecule has 7 heteroatoms. The van der Waals surface area contributed by atoms with Crippen LogP contribution in [0.3, 0.4) is 0 Å². The van der Waals surface area contributed by atoms with Crippen molar-refractivity contribution in [2.75, 3.05) is 19.7 Å². The van der Waals surface area contributed by atoms with Crippen molar-refractivity contribution in [3.8, 4) is 0 Å². The monoisotopic (exact) mass is 615 g/mol. The minimum absolute atomic E-state index is 0. The topological polar surface area (TPSA) is 77.5 Å². The molecule has 2 aliphatic heterocycles. The van der Waals surface area contributed by atoms with Crippen molar-refractivity contribution in [1.29, 1.82) is 0 Å². The standard InChI is InChI=1S/C37H59NO6.H2/c1-22(2)31(39)26-11-9-24-27(42-26)19-25-23-10-12-28-34(6,7)29(13-14-37(28)21-36(23,37)16-15-35(24,25)8)43-30-20-38(17-18-41-30)32(40)44-33(3,4)5;/h23-31,39H,1,9-21H2,2-8H3;1H/t23?,24?,25?,26?,27?,28?,29-,30?,31+,35?,36-,37+;/m0./s1. The molecule has 7 rings (SSSR count). The zero-order valence-corrected chi connectivity index (χ0v) is 28.5. The number of ether oxygens (including phenoxy) is 4. The molecule has 2 spiro atoms. The molecule has 12 atom stereocenters. The quantitative estimate of drug-likeness (QED) is 0.333. The van der Waals surface area contributed by atoms with Crippen LogP contribution in [0.1, 0.15) is 114 Å². The summed E-state index contributed by atoms with van der Waals surface area (Å²) in [6, 6.07) is 0. The van der Waals surface area contributed by atoms with E-state index in [0.29, 0.717) is 47.8 Å². The van der Waals surface area contributed by atoms with E-state index in [1.54, 1.807) is 4.90 Å². The summed E-state index contributed by atoms with van der Waals surface area (Å²) in [7, 11) is 0. The first-order valence-corrected chi connectivity index (χ1v) is 17.9. The van der Waals surface area contributed by atoms with Gasteiger partial charge >= 0.3 is 6.09 Å². The smallest absolute Gasteiger partial charge is 0.410 e. The fraction of sp³-hybridized carbons (Fsp3) is 0.919. The summed E-state index contributed by atoms with van der Waals surface area (Å²) in [5.41, 5.74) is 1.67. The molecule has 1 N–H and O–H groups in total. The Labute approximate surface area is 267 Å². The molecule has 0 radical (unpaired) electrons. The number of carbonyl (C=O) groups excluding carboxylic acids is 1. The van der Waals surface area contributed by atoms with Crippen LogP contribution in [0, 0.1) is 45.3 Å². The number of aliphatic hydroxyl groups excluding tert-OH is 1. The van der Waals surface area contributed by atoms with E-state index in [-0.39, 0.29) is 31.2 Å². The average molecular weight is 616 g/mol. The number of carbonyl (C=O) groups is 1. The molecule has 1 amide bonds. The molecule has 0 aromatic rings. The van der Waals surface area contributed by atoms with E-state index in [4.69, 9.17) is 18.9 Å². The Morgan fingerprint density at radius 2 is 1.77 bits per heavy atom. The van der Waals surface area contributed by atoms with Gasteiger partial charge < -0.3 is 29.0 Å². The molecule has 250 valence electrons. The van der Waals surface area contributed by atoms with E-state index in [1.807, 2.05) is 27.7 Å². The van der Waals surface area contributed by atoms with Crippen molar-refractivity contribution in [1.82, 2.24) is 4.90 Å². The van der Waals surface area contributed by atoms with Crippen molar-refractivity contribution < 1.29 is 30.3 Å². The number of amides is 1. The van der Waals surface area contributed by atoms with Crippen LogP contribution in [-0.4, -0.2) is 72.1 Å². The number of hydrogen-bond donors (Lipinski definition) is 1. The lowest BCUT2D eigenvalue weighted by Crippen LogP contribution is -2.56. The zero-order chi connectivity index (χ0) is 31.4. The minimum atomic E-state index is -0.543. The molecule has 0 aromatic heterocycles. The molecule has 8 unspecified atom stereocenters. The van der Waals surface area contributed by atoms with Crippen LogP contribution in [0.5, 0.6) is 0 Å². The van der Waals surface area contributed by atoms with E-state index in [2.05, 4.69) is 27.4 Å². The lowest BCUT2D eigenvalue weighted by atomic mass is 9.46. The Morgan fingerprint density at radius 1 is 1.02 bits per heavy atom. The predicted molar refractivity (Wildman–Crippen MR) is 171 cm³/mol. The SMILES string of the molecule is C=C(C)[C@@H](O)C1CCC2C(CC3C4CCC5C(C)(C)[C@@H](OC6CN(C(=O)OC(C)(C)C)CCO6)CC[C@@]56C[C@@]46CCC23C)O1.[HH]. The summed E-state index contributed by atoms with van der Waals surface area (Å²) in [6.45, 7) is 20.6. The molecule has 7 nitrogen and oxygen atoms in total. The van der Waals surface area contributed by atoms with Crippen molar-refractivity contribution >= 4 is 6.09 Å². The highest BCUT2D eigenvalue weighted by Crippen LogP contribution is 2.87. The molecule has 2 saturated heterocycles. The van der Waals surface area contributed by atoms with Crippen LogP contribution in [-0.2, 0) is 18.9 Å². The summed E-state index contributed by atoms with van der Waals surface area (Å²) in [5, 5.41) is 10.7. The Kier molecular flexibility index (Phi) is 7.45. The molecular formula is C37H61NO6. The lowest BCUT2D eigenvalue weighted by molar-refractivity contribution is -0.243. The van der Waals surface area contributed by atoms with Crippen molar-refractivity contribution in [3.63, 3.8) is 0 Å². The van der Waals surface area contributed by atoms with E-state index in [9.17, 15) is 9.90 Å². The number of morpholine rings is 1. The van der Waals surface area contributed by atoms with Crippen molar-refractivity contribution in [2.24, 2.45) is 45.3 Å². The highest BCUT2D eigenvalue weighted by Gasteiger charge is 2.80. The van der Waals surface area contributed by atoms with Crippen LogP contribution < -0.4 is 0 Å². The highest BCUT2D eigenvalue weighted by atomic mass is 16.7. The number of aliphatic hydroxyl groups is 1. The van der Waals surface area contributed by atoms with Crippen molar-refractivity contribution in [2.45, 2.75) is 149 Å². The third-order valence-corrected chi connectivity index (χ3v) is 14.4. The first-order valence-electron chi connectivity index (χ1n) is 17.9. The lowest BCUT2D eigenvalue weighted by Gasteiger charge is -2.60. The normalized spacial score (nSPS) is 48.1. The number of rotatable bonds is 4. The fourth-order valence-corrected chi connectivity index (χ4v) is 12.4. The predicted octanol–water partition coefficient (Wildman–Crippen LogP) is 7.35. The fourth-order valence-electron chi connectivity index (χ4n) is 12.4. The largest absolute Gasteiger partial charge is 0.444 e. The van der Waals surface area contributed by atoms with E-state index >= 15 is 0 Å². The first kappa shape index (κ1) is 31.4. The molecule has 0 bridgehead atoms. The van der Waals surface area contributed by atoms with Gasteiger partial charge in [0.05, 0.1) is 31.5 Å². The van der Waals surface area contributed by atoms with Gasteiger partial charge in [-0.3, -0.25) is 0 Å². The Hall–Kier alpha value is -1.15. The van der Waals surface area contributed by atoms with Gasteiger partial charge in [0.1, 0.15) is 11.7 Å². The summed E-state index contributed by atoms with van der Waals surface area (Å²) in [5.74, 6) is 2.82. The van der Waals surface area contributed by atoms with Gasteiger partial charge in [0, 0.05) is 7.97 Å². The summed E-state index contributed by atoms with van der Waals surface area (Å²) >= 11 is 0. The second kappa shape index (κ2) is 10.4. The zero-order valence-electron chi connectivity index (χ0n) is 28.5. The van der Waals surface area contributed by atoms with Gasteiger partial charge in [-0.1, -0.05) is 27.4 Å². The molecule has 7 fully saturated rings. The minimum Gasteiger partial charge on any atom is -0.444 e. The maximum Gasteiger partial charge on any atom is 0.410 e. The third kappa shape index (κ3) is 4.67. The van der Waals surface area contributed by atoms with Crippen molar-refractivity contribution in [3.05, 3.63) is 12.2 Å². The molecule has 5 saturated carbocycles. The van der Waals surface area contributed by atoms with Gasteiger partial charge in [-0.2, -0.15) is 0 Å². The van der Waals surface area contributed by atoms with Gasteiger partial charge in [0.15, 0.2) is 6.29 Å². The third-order valence-electron chi connectivity index (χ3n) is 14.4. The van der Waals surface area contributed by atoms with E-state index in [1.165, 1.54) is 51.4 Å². The van der Waals surface area contributed by atoms with E-state index in [0.717, 1.165) is 30.3 Å². The first-order chi connectivity index (χ1) is 20.6. The van der Waals surface area contributed by atoms with E-state index < -0.39 is 18.0 Å². The van der Waals surface area contributed by atoms with Gasteiger partial charge in [0.2, 0.25) is 0 Å². The van der Waals surface area contributed by atoms with Crippen LogP contribution in [0.25, 0.3) is 0 Å². The van der Waals surface area contributed by atoms with Crippen LogP contribution in [0.15, 0.2) is 12.2 Å². The van der Waals surface area contributed by atoms with Crippen LogP contribution in [0.4, 0.5) is 4.79 Å². The molecule has 0 aromatic carbocycles. The maximum absolute atomic E-state index is 12.8. The average Bonchev–Trinajstić information content (AvgIpc) is 3.53. The summed E-state index contributed by atoms with van der Waals surface area (Å²) in [4.78, 5) is 14.5. The number of hydrogen-bond acceptors (Lipinski definition) is 6. The highest BCUT2D eigenvalue weighted by molar-refractivity contribution is 5.68. The van der Waals surface area contributed by atoms with Crippen LogP contribution >= 0.6 is 0 Å². The second-order valence-electron chi connectivity index (χ2n) is 18.0. The summed E-state index contributed by atoms with van der Waals surface area (Å²) < 4.78 is 25.2. The molecule has 7 aliphatic rings. The Bertz CT molecular complexity index is 1170. The maximum atomic E-state index is 12.8. The molecular weight excluding hydrogens is 554 g/mol. The molecule has 5 aliphatic carbocycles. The Morgan fingerprint density at radius 3 is 2.50 bits per heavy atom. The van der Waals surface area contributed by atoms with Gasteiger partial charge in [0.25, 0.3) is 0 Å². The number of fused-ring (bicyclic) bond motifs is 4.